The van der Waals surface area contributed by atoms with E-state index in [9.17, 15) is 0 Å². The summed E-state index contributed by atoms with van der Waals surface area (Å²) in [6.45, 7) is 0. The number of para-hydroxylation sites is 8. The fourth-order valence-electron chi connectivity index (χ4n) is 7.84. The van der Waals surface area contributed by atoms with Gasteiger partial charge in [-0.05, 0) is 82.7 Å². The monoisotopic (exact) mass is 923 g/mol. The zero-order chi connectivity index (χ0) is 42.9. The van der Waals surface area contributed by atoms with Gasteiger partial charge in [-0.15, -0.1) is 0 Å². The predicted molar refractivity (Wildman–Crippen MR) is 269 cm³/mol. The Morgan fingerprint density at radius 3 is 1.49 bits per heavy atom. The van der Waals surface area contributed by atoms with Gasteiger partial charge < -0.3 is 29.3 Å². The number of nitrogens with two attached hydrogens (primary N) is 1. The van der Waals surface area contributed by atoms with Crippen LogP contribution >= 0.6 is 39.1 Å². The topological polar surface area (TPSA) is 93.3 Å². The van der Waals surface area contributed by atoms with Gasteiger partial charge in [0.2, 0.25) is 0 Å². The third-order valence-electron chi connectivity index (χ3n) is 10.8. The van der Waals surface area contributed by atoms with E-state index >= 15 is 0 Å². The van der Waals surface area contributed by atoms with Crippen molar-refractivity contribution in [2.24, 2.45) is 0 Å². The predicted octanol–water partition coefficient (Wildman–Crippen LogP) is 17.5. The molecule has 4 heterocycles. The number of rotatable bonds is 2. The van der Waals surface area contributed by atoms with Gasteiger partial charge in [0.1, 0.15) is 22.3 Å². The molecular weight excluding hydrogens is 889 g/mol. The van der Waals surface area contributed by atoms with Crippen LogP contribution in [0.15, 0.2) is 212 Å². The molecule has 0 radical (unpaired) electrons. The number of aromatic amines is 1. The van der Waals surface area contributed by atoms with Crippen LogP contribution in [0.3, 0.4) is 0 Å². The first-order chi connectivity index (χ1) is 30.9. The summed E-state index contributed by atoms with van der Waals surface area (Å²) in [6, 6.07) is 64.1. The molecular formula is C54H36BrCl2N3O3. The molecule has 0 bridgehead atoms. The van der Waals surface area contributed by atoms with E-state index < -0.39 is 0 Å². The van der Waals surface area contributed by atoms with Gasteiger partial charge in [-0.25, -0.2) is 0 Å². The van der Waals surface area contributed by atoms with E-state index in [-0.39, 0.29) is 0 Å². The molecule has 0 spiro atoms. The van der Waals surface area contributed by atoms with Crippen LogP contribution in [0.2, 0.25) is 10.0 Å². The summed E-state index contributed by atoms with van der Waals surface area (Å²) in [5, 5.41) is 14.0. The lowest BCUT2D eigenvalue weighted by Gasteiger charge is -2.08. The lowest BCUT2D eigenvalue weighted by molar-refractivity contribution is 0.667. The normalized spacial score (nSPS) is 11.2. The number of aromatic nitrogens is 1. The Balaban J connectivity index is 0.000000105. The molecule has 0 saturated heterocycles. The minimum atomic E-state index is 0.618. The Kier molecular flexibility index (Phi) is 11.0. The molecule has 0 saturated carbocycles. The number of nitrogen functional groups attached to an aromatic ring is 1. The Bertz CT molecular complexity index is 3640. The molecule has 0 fully saturated rings. The summed E-state index contributed by atoms with van der Waals surface area (Å²) in [7, 11) is 0. The third-order valence-corrected chi connectivity index (χ3v) is 12.1. The van der Waals surface area contributed by atoms with E-state index in [0.29, 0.717) is 15.7 Å². The molecule has 0 unspecified atom stereocenters. The number of nitrogens with one attached hydrogen (secondary N) is 2. The van der Waals surface area contributed by atoms with Crippen LogP contribution in [-0.4, -0.2) is 4.98 Å². The van der Waals surface area contributed by atoms with Crippen molar-refractivity contribution in [3.63, 3.8) is 0 Å². The molecule has 306 valence electrons. The van der Waals surface area contributed by atoms with Gasteiger partial charge in [0, 0.05) is 48.6 Å². The number of anilines is 3. The molecule has 4 aromatic heterocycles. The summed E-state index contributed by atoms with van der Waals surface area (Å²) in [5.41, 5.74) is 15.5. The SMILES string of the molecule is Brc1cccc2c1oc1ccccc12.Clc1ccccc1Nc1cccc2c1oc1ccccc12.Nc1ccccc1Cl.c1ccc2c(c1)[nH]c1c2ccc2c3ccccc3oc21. The maximum absolute atomic E-state index is 6.21. The molecule has 13 aromatic rings. The number of halogens is 3. The van der Waals surface area contributed by atoms with Crippen LogP contribution in [0.4, 0.5) is 17.1 Å². The fraction of sp³-hybridized carbons (Fsp3) is 0. The number of benzene rings is 9. The third kappa shape index (κ3) is 7.83. The molecule has 9 aromatic carbocycles. The number of fused-ring (bicyclic) bond motifs is 13. The average molecular weight is 926 g/mol. The molecule has 0 atom stereocenters. The van der Waals surface area contributed by atoms with Crippen LogP contribution in [0.1, 0.15) is 0 Å². The lowest BCUT2D eigenvalue weighted by atomic mass is 10.1. The second-order valence-corrected chi connectivity index (χ2v) is 16.4. The molecule has 63 heavy (non-hydrogen) atoms. The Hall–Kier alpha value is -7.16. The maximum atomic E-state index is 6.21. The van der Waals surface area contributed by atoms with Crippen molar-refractivity contribution in [2.75, 3.05) is 11.1 Å². The van der Waals surface area contributed by atoms with Gasteiger partial charge in [-0.3, -0.25) is 0 Å². The molecule has 0 aliphatic heterocycles. The number of hydrogen-bond donors (Lipinski definition) is 3. The summed E-state index contributed by atoms with van der Waals surface area (Å²) >= 11 is 15.3. The lowest BCUT2D eigenvalue weighted by Crippen LogP contribution is -1.91. The van der Waals surface area contributed by atoms with E-state index in [1.807, 2.05) is 121 Å². The first-order valence-electron chi connectivity index (χ1n) is 20.2. The largest absolute Gasteiger partial charge is 0.455 e. The number of hydrogen-bond acceptors (Lipinski definition) is 5. The first kappa shape index (κ1) is 39.9. The highest BCUT2D eigenvalue weighted by Gasteiger charge is 2.14. The van der Waals surface area contributed by atoms with Crippen molar-refractivity contribution in [2.45, 2.75) is 0 Å². The van der Waals surface area contributed by atoms with Crippen LogP contribution < -0.4 is 11.1 Å². The molecule has 9 heteroatoms. The zero-order valence-electron chi connectivity index (χ0n) is 33.4. The van der Waals surface area contributed by atoms with Crippen molar-refractivity contribution >= 4 is 144 Å². The maximum Gasteiger partial charge on any atom is 0.159 e. The Labute approximate surface area is 379 Å². The average Bonchev–Trinajstić information content (AvgIpc) is 4.10. The summed E-state index contributed by atoms with van der Waals surface area (Å²) in [6.07, 6.45) is 0. The minimum absolute atomic E-state index is 0.618. The van der Waals surface area contributed by atoms with Crippen LogP contribution in [0.5, 0.6) is 0 Å². The summed E-state index contributed by atoms with van der Waals surface area (Å²) in [4.78, 5) is 3.49. The van der Waals surface area contributed by atoms with Crippen LogP contribution in [-0.2, 0) is 0 Å². The van der Waals surface area contributed by atoms with Gasteiger partial charge in [0.05, 0.1) is 37.1 Å². The van der Waals surface area contributed by atoms with Crippen molar-refractivity contribution in [3.8, 4) is 0 Å². The van der Waals surface area contributed by atoms with Gasteiger partial charge in [0.15, 0.2) is 11.2 Å². The van der Waals surface area contributed by atoms with E-state index in [1.165, 1.54) is 26.9 Å². The minimum Gasteiger partial charge on any atom is -0.455 e. The first-order valence-corrected chi connectivity index (χ1v) is 21.7. The second-order valence-electron chi connectivity index (χ2n) is 14.8. The highest BCUT2D eigenvalue weighted by Crippen LogP contribution is 2.38. The molecule has 13 rings (SSSR count). The van der Waals surface area contributed by atoms with Crippen LogP contribution in [0, 0.1) is 0 Å². The van der Waals surface area contributed by atoms with E-state index in [0.717, 1.165) is 76.5 Å². The smallest absolute Gasteiger partial charge is 0.159 e. The molecule has 0 amide bonds. The molecule has 4 N–H and O–H groups in total. The van der Waals surface area contributed by atoms with Gasteiger partial charge in [0.25, 0.3) is 0 Å². The van der Waals surface area contributed by atoms with Crippen molar-refractivity contribution in [1.29, 1.82) is 0 Å². The standard InChI is InChI=1S/C18H12ClNO.C18H11NO.C12H7BrO.C6H6ClN/c19-14-8-2-3-9-15(14)20-16-10-5-7-13-12-6-1-4-11-17(12)21-18(13)16;1-3-7-15-11(5-1)13-9-10-14-12-6-2-4-8-16(12)20-18(14)17(13)19-15;13-10-6-3-5-9-8-4-1-2-7-11(8)14-12(9)10;7-5-3-1-2-4-6(5)8/h1-11,20H;1-10,19H;1-7H;1-4H,8H2. The Morgan fingerprint density at radius 1 is 0.397 bits per heavy atom. The fourth-order valence-corrected chi connectivity index (χ4v) is 8.61. The van der Waals surface area contributed by atoms with E-state index in [2.05, 4.69) is 86.9 Å². The van der Waals surface area contributed by atoms with Gasteiger partial charge >= 0.3 is 0 Å². The van der Waals surface area contributed by atoms with Crippen LogP contribution in [0.25, 0.3) is 87.6 Å². The highest BCUT2D eigenvalue weighted by atomic mass is 79.9. The quantitative estimate of drug-likeness (QED) is 0.150. The molecule has 6 nitrogen and oxygen atoms in total. The van der Waals surface area contributed by atoms with Crippen molar-refractivity contribution in [1.82, 2.24) is 4.98 Å². The summed E-state index contributed by atoms with van der Waals surface area (Å²) in [5.74, 6) is 0. The highest BCUT2D eigenvalue weighted by molar-refractivity contribution is 9.10. The van der Waals surface area contributed by atoms with Gasteiger partial charge in [-0.2, -0.15) is 0 Å². The number of furan rings is 3. The van der Waals surface area contributed by atoms with Crippen molar-refractivity contribution in [3.05, 3.63) is 209 Å². The Morgan fingerprint density at radius 2 is 0.857 bits per heavy atom. The zero-order valence-corrected chi connectivity index (χ0v) is 36.5. The summed E-state index contributed by atoms with van der Waals surface area (Å²) < 4.78 is 18.8. The molecule has 0 aliphatic carbocycles. The van der Waals surface area contributed by atoms with E-state index in [1.54, 1.807) is 12.1 Å². The number of H-pyrrole nitrogens is 1. The van der Waals surface area contributed by atoms with Gasteiger partial charge in [-0.1, -0.05) is 151 Å². The second kappa shape index (κ2) is 17.3. The molecule has 0 aliphatic rings. The van der Waals surface area contributed by atoms with Crippen molar-refractivity contribution < 1.29 is 13.3 Å². The van der Waals surface area contributed by atoms with E-state index in [4.69, 9.17) is 42.2 Å².